The third kappa shape index (κ3) is 5.19. The van der Waals surface area contributed by atoms with E-state index in [0.717, 1.165) is 43.3 Å². The highest BCUT2D eigenvalue weighted by atomic mass is 32.2. The first-order valence-electron chi connectivity index (χ1n) is 11.1. The Bertz CT molecular complexity index is 1150. The maximum absolute atomic E-state index is 12.4. The average molecular weight is 475 g/mol. The Kier molecular flexibility index (Phi) is 6.44. The highest BCUT2D eigenvalue weighted by Crippen LogP contribution is 2.31. The van der Waals surface area contributed by atoms with Gasteiger partial charge in [-0.1, -0.05) is 0 Å². The first-order chi connectivity index (χ1) is 15.6. The topological polar surface area (TPSA) is 131 Å². The molecule has 1 aromatic carbocycles. The minimum Gasteiger partial charge on any atom is -0.366 e. The van der Waals surface area contributed by atoms with Gasteiger partial charge in [0.1, 0.15) is 0 Å². The van der Waals surface area contributed by atoms with Crippen molar-refractivity contribution in [2.75, 3.05) is 54.4 Å². The van der Waals surface area contributed by atoms with E-state index in [0.29, 0.717) is 17.7 Å². The van der Waals surface area contributed by atoms with Crippen molar-refractivity contribution < 1.29 is 18.0 Å². The van der Waals surface area contributed by atoms with E-state index in [1.165, 1.54) is 0 Å². The van der Waals surface area contributed by atoms with Crippen LogP contribution >= 0.6 is 0 Å². The van der Waals surface area contributed by atoms with Crippen molar-refractivity contribution in [3.05, 3.63) is 41.2 Å². The zero-order chi connectivity index (χ0) is 23.8. The molecule has 1 unspecified atom stereocenters. The molecule has 2 amide bonds. The van der Waals surface area contributed by atoms with Gasteiger partial charge in [-0.25, -0.2) is 8.42 Å². The third-order valence-corrected chi connectivity index (χ3v) is 8.10. The number of amides is 2. The first-order valence-corrected chi connectivity index (χ1v) is 12.9. The van der Waals surface area contributed by atoms with Crippen LogP contribution in [0.3, 0.4) is 0 Å². The van der Waals surface area contributed by atoms with E-state index < -0.39 is 15.7 Å². The Hall–Kier alpha value is -2.92. The Morgan fingerprint density at radius 3 is 2.36 bits per heavy atom. The molecular formula is C22H30N6O4S. The molecule has 0 spiro atoms. The highest BCUT2D eigenvalue weighted by molar-refractivity contribution is 7.91. The molecule has 4 rings (SSSR count). The molecule has 0 radical (unpaired) electrons. The van der Waals surface area contributed by atoms with E-state index in [4.69, 9.17) is 5.73 Å². The number of primary amides is 1. The number of carbonyl (C=O) groups excluding carboxylic acids is 2. The van der Waals surface area contributed by atoms with Gasteiger partial charge in [-0.15, -0.1) is 0 Å². The number of hydrogen-bond donors (Lipinski definition) is 2. The summed E-state index contributed by atoms with van der Waals surface area (Å²) in [5, 5.41) is 7.52. The number of piperazine rings is 1. The standard InChI is InChI=1S/C22H30N6O4S/c1-15-21(16(2)28(25-15)19-7-12-33(31,32)14-19)27-10-8-26(9-11-27)13-20(29)24-18-5-3-17(4-6-18)22(23)30/h3-6,19H,7-14H2,1-2H3,(H2,23,30)(H,24,29). The van der Waals surface area contributed by atoms with Crippen LogP contribution in [0.4, 0.5) is 11.4 Å². The summed E-state index contributed by atoms with van der Waals surface area (Å²) in [6.45, 7) is 7.23. The number of nitrogens with zero attached hydrogens (tertiary/aromatic N) is 4. The number of aryl methyl sites for hydroxylation is 1. The van der Waals surface area contributed by atoms with E-state index >= 15 is 0 Å². The van der Waals surface area contributed by atoms with Crippen molar-refractivity contribution in [2.45, 2.75) is 26.3 Å². The van der Waals surface area contributed by atoms with Gasteiger partial charge in [0.25, 0.3) is 0 Å². The van der Waals surface area contributed by atoms with Gasteiger partial charge in [-0.3, -0.25) is 19.2 Å². The number of anilines is 2. The van der Waals surface area contributed by atoms with Crippen LogP contribution in [0.1, 0.15) is 34.2 Å². The number of benzene rings is 1. The van der Waals surface area contributed by atoms with Gasteiger partial charge in [0.15, 0.2) is 9.84 Å². The van der Waals surface area contributed by atoms with Crippen molar-refractivity contribution in [1.29, 1.82) is 0 Å². The van der Waals surface area contributed by atoms with Gasteiger partial charge in [-0.2, -0.15) is 5.10 Å². The molecule has 0 bridgehead atoms. The lowest BCUT2D eigenvalue weighted by Crippen LogP contribution is -2.49. The van der Waals surface area contributed by atoms with Crippen molar-refractivity contribution in [1.82, 2.24) is 14.7 Å². The zero-order valence-corrected chi connectivity index (χ0v) is 19.8. The summed E-state index contributed by atoms with van der Waals surface area (Å²) in [5.41, 5.74) is 9.23. The summed E-state index contributed by atoms with van der Waals surface area (Å²) in [5.74, 6) is -0.239. The van der Waals surface area contributed by atoms with Crippen molar-refractivity contribution >= 4 is 33.0 Å². The van der Waals surface area contributed by atoms with Gasteiger partial charge in [0, 0.05) is 37.4 Å². The van der Waals surface area contributed by atoms with E-state index in [2.05, 4.69) is 20.2 Å². The molecule has 3 heterocycles. The van der Waals surface area contributed by atoms with E-state index in [-0.39, 0.29) is 30.0 Å². The van der Waals surface area contributed by atoms with Crippen molar-refractivity contribution in [3.8, 4) is 0 Å². The largest absolute Gasteiger partial charge is 0.366 e. The normalized spacial score (nSPS) is 20.7. The second-order valence-electron chi connectivity index (χ2n) is 8.77. The van der Waals surface area contributed by atoms with Crippen LogP contribution in [0.2, 0.25) is 0 Å². The van der Waals surface area contributed by atoms with Crippen LogP contribution in [0.25, 0.3) is 0 Å². The van der Waals surface area contributed by atoms with Gasteiger partial charge in [-0.05, 0) is 44.5 Å². The second kappa shape index (κ2) is 9.14. The van der Waals surface area contributed by atoms with Crippen molar-refractivity contribution in [3.63, 3.8) is 0 Å². The Morgan fingerprint density at radius 1 is 1.12 bits per heavy atom. The predicted molar refractivity (Wildman–Crippen MR) is 126 cm³/mol. The maximum atomic E-state index is 12.4. The molecule has 178 valence electrons. The fourth-order valence-electron chi connectivity index (χ4n) is 4.69. The lowest BCUT2D eigenvalue weighted by atomic mass is 10.2. The number of aromatic nitrogens is 2. The Balaban J connectivity index is 1.32. The Morgan fingerprint density at radius 2 is 1.79 bits per heavy atom. The monoisotopic (exact) mass is 474 g/mol. The number of carbonyl (C=O) groups is 2. The fraction of sp³-hybridized carbons (Fsp3) is 0.500. The molecule has 0 saturated carbocycles. The number of nitrogens with one attached hydrogen (secondary N) is 1. The molecule has 2 saturated heterocycles. The summed E-state index contributed by atoms with van der Waals surface area (Å²) in [6.07, 6.45) is 0.609. The van der Waals surface area contributed by atoms with Crippen LogP contribution < -0.4 is 16.0 Å². The third-order valence-electron chi connectivity index (χ3n) is 6.35. The number of sulfone groups is 1. The number of hydrogen-bond acceptors (Lipinski definition) is 7. The molecule has 10 nitrogen and oxygen atoms in total. The van der Waals surface area contributed by atoms with Gasteiger partial charge < -0.3 is 16.0 Å². The molecule has 2 aromatic rings. The molecule has 33 heavy (non-hydrogen) atoms. The quantitative estimate of drug-likeness (QED) is 0.631. The predicted octanol–water partition coefficient (Wildman–Crippen LogP) is 0.719. The van der Waals surface area contributed by atoms with Crippen LogP contribution in [0, 0.1) is 13.8 Å². The number of rotatable bonds is 6. The van der Waals surface area contributed by atoms with Gasteiger partial charge >= 0.3 is 0 Å². The van der Waals surface area contributed by atoms with Gasteiger partial charge in [0.2, 0.25) is 11.8 Å². The highest BCUT2D eigenvalue weighted by Gasteiger charge is 2.32. The maximum Gasteiger partial charge on any atom is 0.248 e. The van der Waals surface area contributed by atoms with E-state index in [1.807, 2.05) is 18.5 Å². The molecule has 2 aliphatic heterocycles. The molecule has 1 aromatic heterocycles. The van der Waals surface area contributed by atoms with Gasteiger partial charge in [0.05, 0.1) is 41.2 Å². The van der Waals surface area contributed by atoms with Crippen LogP contribution in [-0.4, -0.2) is 79.1 Å². The fourth-order valence-corrected chi connectivity index (χ4v) is 6.38. The molecule has 2 fully saturated rings. The lowest BCUT2D eigenvalue weighted by molar-refractivity contribution is -0.117. The summed E-state index contributed by atoms with van der Waals surface area (Å²) in [4.78, 5) is 28.0. The summed E-state index contributed by atoms with van der Waals surface area (Å²) in [6, 6.07) is 6.40. The molecule has 1 atom stereocenters. The molecule has 0 aliphatic carbocycles. The van der Waals surface area contributed by atoms with Crippen molar-refractivity contribution in [2.24, 2.45) is 5.73 Å². The summed E-state index contributed by atoms with van der Waals surface area (Å²) >= 11 is 0. The smallest absolute Gasteiger partial charge is 0.248 e. The van der Waals surface area contributed by atoms with E-state index in [9.17, 15) is 18.0 Å². The second-order valence-corrected chi connectivity index (χ2v) is 11.0. The van der Waals surface area contributed by atoms with Crippen LogP contribution in [0.15, 0.2) is 24.3 Å². The average Bonchev–Trinajstić information content (AvgIpc) is 3.27. The summed E-state index contributed by atoms with van der Waals surface area (Å²) in [7, 11) is -2.98. The molecule has 3 N–H and O–H groups in total. The number of nitrogens with two attached hydrogens (primary N) is 1. The minimum atomic E-state index is -2.98. The van der Waals surface area contributed by atoms with Crippen LogP contribution in [-0.2, 0) is 14.6 Å². The van der Waals surface area contributed by atoms with Crippen LogP contribution in [0.5, 0.6) is 0 Å². The summed E-state index contributed by atoms with van der Waals surface area (Å²) < 4.78 is 25.7. The molecular weight excluding hydrogens is 444 g/mol. The SMILES string of the molecule is Cc1nn(C2CCS(=O)(=O)C2)c(C)c1N1CCN(CC(=O)Nc2ccc(C(N)=O)cc2)CC1. The minimum absolute atomic E-state index is 0.0931. The molecule has 11 heteroatoms. The van der Waals surface area contributed by atoms with E-state index in [1.54, 1.807) is 24.3 Å². The lowest BCUT2D eigenvalue weighted by Gasteiger charge is -2.36. The first kappa shape index (κ1) is 23.2. The zero-order valence-electron chi connectivity index (χ0n) is 19.0. The molecule has 2 aliphatic rings. The Labute approximate surface area is 193 Å².